The summed E-state index contributed by atoms with van der Waals surface area (Å²) in [5, 5.41) is 0. The van der Waals surface area contributed by atoms with Gasteiger partial charge in [-0.2, -0.15) is 4.99 Å². The summed E-state index contributed by atoms with van der Waals surface area (Å²) < 4.78 is 0. The number of isocyanates is 1. The van der Waals surface area contributed by atoms with Crippen molar-refractivity contribution in [3.63, 3.8) is 0 Å². The lowest BCUT2D eigenvalue weighted by Crippen LogP contribution is -2.42. The van der Waals surface area contributed by atoms with Gasteiger partial charge in [0.05, 0.1) is 5.54 Å². The molecule has 0 saturated heterocycles. The molecule has 0 N–H and O–H groups in total. The Bertz CT molecular complexity index is 216. The van der Waals surface area contributed by atoms with E-state index in [2.05, 4.69) is 25.8 Å². The van der Waals surface area contributed by atoms with Gasteiger partial charge in [-0.3, -0.25) is 0 Å². The molecule has 0 aromatic carbocycles. The molecule has 0 bridgehead atoms. The van der Waals surface area contributed by atoms with Gasteiger partial charge in [-0.1, -0.05) is 26.7 Å². The van der Waals surface area contributed by atoms with E-state index in [4.69, 9.17) is 0 Å². The Morgan fingerprint density at radius 2 is 1.75 bits per heavy atom. The first kappa shape index (κ1) is 9.47. The van der Waals surface area contributed by atoms with Crippen LogP contribution in [0.2, 0.25) is 0 Å². The molecule has 1 fully saturated rings. The van der Waals surface area contributed by atoms with Crippen molar-refractivity contribution in [2.75, 3.05) is 0 Å². The van der Waals surface area contributed by atoms with Gasteiger partial charge in [0.15, 0.2) is 0 Å². The predicted molar refractivity (Wildman–Crippen MR) is 48.8 cm³/mol. The molecular weight excluding hydrogens is 150 g/mol. The molecule has 0 spiro atoms. The molecule has 1 unspecified atom stereocenters. The summed E-state index contributed by atoms with van der Waals surface area (Å²) in [5.74, 6) is 0. The van der Waals surface area contributed by atoms with E-state index in [0.717, 1.165) is 12.8 Å². The molecular formula is C10H17NO. The van der Waals surface area contributed by atoms with Crippen LogP contribution in [0, 0.1) is 5.41 Å². The van der Waals surface area contributed by atoms with E-state index in [1.165, 1.54) is 12.8 Å². The molecule has 2 heteroatoms. The lowest BCUT2D eigenvalue weighted by atomic mass is 9.64. The van der Waals surface area contributed by atoms with Crippen LogP contribution in [0.5, 0.6) is 0 Å². The lowest BCUT2D eigenvalue weighted by molar-refractivity contribution is 0.118. The highest BCUT2D eigenvalue weighted by Gasteiger charge is 2.42. The Balaban J connectivity index is 2.91. The van der Waals surface area contributed by atoms with Crippen LogP contribution >= 0.6 is 0 Å². The molecule has 2 nitrogen and oxygen atoms in total. The summed E-state index contributed by atoms with van der Waals surface area (Å²) in [7, 11) is 0. The zero-order valence-corrected chi connectivity index (χ0v) is 8.18. The normalized spacial score (nSPS) is 33.9. The molecule has 0 aromatic rings. The second kappa shape index (κ2) is 3.02. The third-order valence-corrected chi connectivity index (χ3v) is 3.47. The minimum atomic E-state index is -0.174. The van der Waals surface area contributed by atoms with Gasteiger partial charge < -0.3 is 0 Å². The second-order valence-corrected chi connectivity index (χ2v) is 4.57. The van der Waals surface area contributed by atoms with Gasteiger partial charge >= 0.3 is 0 Å². The average molecular weight is 167 g/mol. The highest BCUT2D eigenvalue weighted by Crippen LogP contribution is 2.45. The fourth-order valence-electron chi connectivity index (χ4n) is 1.95. The van der Waals surface area contributed by atoms with Crippen LogP contribution in [0.15, 0.2) is 4.99 Å². The average Bonchev–Trinajstić information content (AvgIpc) is 1.96. The van der Waals surface area contributed by atoms with Gasteiger partial charge in [0.1, 0.15) is 0 Å². The van der Waals surface area contributed by atoms with Crippen LogP contribution in [0.4, 0.5) is 0 Å². The van der Waals surface area contributed by atoms with Crippen molar-refractivity contribution in [2.45, 2.75) is 52.0 Å². The summed E-state index contributed by atoms with van der Waals surface area (Å²) >= 11 is 0. The molecule has 68 valence electrons. The van der Waals surface area contributed by atoms with Crippen LogP contribution in [0.3, 0.4) is 0 Å². The fourth-order valence-corrected chi connectivity index (χ4v) is 1.95. The van der Waals surface area contributed by atoms with Gasteiger partial charge in [-0.25, -0.2) is 4.79 Å². The molecule has 1 saturated carbocycles. The summed E-state index contributed by atoms with van der Waals surface area (Å²) in [6.07, 6.45) is 6.34. The van der Waals surface area contributed by atoms with Gasteiger partial charge in [0.2, 0.25) is 6.08 Å². The maximum Gasteiger partial charge on any atom is 0.235 e. The van der Waals surface area contributed by atoms with Crippen molar-refractivity contribution < 1.29 is 4.79 Å². The number of rotatable bonds is 1. The van der Waals surface area contributed by atoms with Crippen molar-refractivity contribution in [3.05, 3.63) is 0 Å². The maximum absolute atomic E-state index is 10.3. The van der Waals surface area contributed by atoms with Gasteiger partial charge in [0, 0.05) is 0 Å². The Morgan fingerprint density at radius 3 is 2.25 bits per heavy atom. The SMILES string of the molecule is CC1(C)CCCCC1(C)N=C=O. The number of aliphatic imine (C=N–C) groups is 1. The van der Waals surface area contributed by atoms with E-state index in [9.17, 15) is 4.79 Å². The Morgan fingerprint density at radius 1 is 1.17 bits per heavy atom. The molecule has 0 heterocycles. The quantitative estimate of drug-likeness (QED) is 0.436. The van der Waals surface area contributed by atoms with Crippen LogP contribution in [0.25, 0.3) is 0 Å². The Labute approximate surface area is 74.1 Å². The monoisotopic (exact) mass is 167 g/mol. The number of hydrogen-bond donors (Lipinski definition) is 0. The van der Waals surface area contributed by atoms with Crippen molar-refractivity contribution in [1.82, 2.24) is 0 Å². The smallest absolute Gasteiger partial charge is 0.211 e. The standard InChI is InChI=1S/C10H17NO/c1-9(2)6-4-5-7-10(9,3)11-8-12/h4-7H2,1-3H3. The third kappa shape index (κ3) is 1.44. The largest absolute Gasteiger partial charge is 0.235 e. The van der Waals surface area contributed by atoms with Gasteiger partial charge in [-0.15, -0.1) is 0 Å². The minimum absolute atomic E-state index is 0.155. The van der Waals surface area contributed by atoms with Crippen molar-refractivity contribution in [1.29, 1.82) is 0 Å². The lowest BCUT2D eigenvalue weighted by Gasteiger charge is -2.44. The van der Waals surface area contributed by atoms with Crippen LogP contribution < -0.4 is 0 Å². The Kier molecular flexibility index (Phi) is 2.39. The highest BCUT2D eigenvalue weighted by atomic mass is 16.1. The topological polar surface area (TPSA) is 29.4 Å². The first-order valence-corrected chi connectivity index (χ1v) is 4.61. The zero-order valence-electron chi connectivity index (χ0n) is 8.18. The van der Waals surface area contributed by atoms with E-state index in [-0.39, 0.29) is 11.0 Å². The molecule has 0 aromatic heterocycles. The molecule has 12 heavy (non-hydrogen) atoms. The number of nitrogens with zero attached hydrogens (tertiary/aromatic N) is 1. The third-order valence-electron chi connectivity index (χ3n) is 3.47. The molecule has 1 rings (SSSR count). The molecule has 1 aliphatic carbocycles. The van der Waals surface area contributed by atoms with Crippen LogP contribution in [-0.4, -0.2) is 11.6 Å². The first-order valence-electron chi connectivity index (χ1n) is 4.61. The second-order valence-electron chi connectivity index (χ2n) is 4.57. The van der Waals surface area contributed by atoms with Crippen molar-refractivity contribution >= 4 is 6.08 Å². The summed E-state index contributed by atoms with van der Waals surface area (Å²) in [5.41, 5.74) is -0.0182. The van der Waals surface area contributed by atoms with Gasteiger partial charge in [0.25, 0.3) is 0 Å². The summed E-state index contributed by atoms with van der Waals surface area (Å²) in [4.78, 5) is 14.2. The molecule has 0 amide bonds. The van der Waals surface area contributed by atoms with Crippen molar-refractivity contribution in [3.8, 4) is 0 Å². The first-order chi connectivity index (χ1) is 5.52. The summed E-state index contributed by atoms with van der Waals surface area (Å²) in [6.45, 7) is 6.44. The molecule has 1 aliphatic rings. The Hall–Kier alpha value is -0.620. The predicted octanol–water partition coefficient (Wildman–Crippen LogP) is 2.68. The van der Waals surface area contributed by atoms with Crippen molar-refractivity contribution in [2.24, 2.45) is 10.4 Å². The van der Waals surface area contributed by atoms with E-state index in [1.54, 1.807) is 6.08 Å². The van der Waals surface area contributed by atoms with E-state index >= 15 is 0 Å². The van der Waals surface area contributed by atoms with Crippen LogP contribution in [-0.2, 0) is 4.79 Å². The number of carbonyl (C=O) groups excluding carboxylic acids is 1. The van der Waals surface area contributed by atoms with Gasteiger partial charge in [-0.05, 0) is 25.2 Å². The van der Waals surface area contributed by atoms with E-state index in [0.29, 0.717) is 0 Å². The molecule has 0 aliphatic heterocycles. The fraction of sp³-hybridized carbons (Fsp3) is 0.900. The summed E-state index contributed by atoms with van der Waals surface area (Å²) in [6, 6.07) is 0. The highest BCUT2D eigenvalue weighted by molar-refractivity contribution is 5.35. The molecule has 0 radical (unpaired) electrons. The minimum Gasteiger partial charge on any atom is -0.211 e. The number of hydrogen-bond acceptors (Lipinski definition) is 2. The van der Waals surface area contributed by atoms with E-state index in [1.807, 2.05) is 0 Å². The maximum atomic E-state index is 10.3. The van der Waals surface area contributed by atoms with Crippen LogP contribution in [0.1, 0.15) is 46.5 Å². The molecule has 1 atom stereocenters. The van der Waals surface area contributed by atoms with E-state index < -0.39 is 0 Å². The zero-order chi connectivity index (χ0) is 9.24.